The molecule has 1 aromatic heterocycles. The lowest BCUT2D eigenvalue weighted by Gasteiger charge is -2.13. The number of halogens is 1. The summed E-state index contributed by atoms with van der Waals surface area (Å²) >= 11 is 3.31. The summed E-state index contributed by atoms with van der Waals surface area (Å²) in [4.78, 5) is 16.2. The number of hydrogen-bond acceptors (Lipinski definition) is 3. The molecule has 0 radical (unpaired) electrons. The molecule has 0 spiro atoms. The lowest BCUT2D eigenvalue weighted by Crippen LogP contribution is -2.27. The zero-order chi connectivity index (χ0) is 15.9. The van der Waals surface area contributed by atoms with E-state index in [2.05, 4.69) is 26.2 Å². The highest BCUT2D eigenvalue weighted by Crippen LogP contribution is 2.15. The lowest BCUT2D eigenvalue weighted by atomic mass is 10.1. The third-order valence-corrected chi connectivity index (χ3v) is 3.48. The van der Waals surface area contributed by atoms with Gasteiger partial charge in [0.1, 0.15) is 11.6 Å². The Labute approximate surface area is 137 Å². The van der Waals surface area contributed by atoms with E-state index in [-0.39, 0.29) is 11.6 Å². The summed E-state index contributed by atoms with van der Waals surface area (Å²) in [5, 5.41) is 12.0. The van der Waals surface area contributed by atoms with Crippen LogP contribution in [0.3, 0.4) is 0 Å². The number of nitrogens with one attached hydrogen (secondary N) is 1. The Morgan fingerprint density at radius 3 is 2.73 bits per heavy atom. The number of benzene rings is 1. The number of pyridine rings is 1. The van der Waals surface area contributed by atoms with Crippen LogP contribution in [0.4, 0.5) is 0 Å². The largest absolute Gasteiger partial charge is 0.345 e. The van der Waals surface area contributed by atoms with Crippen LogP contribution in [-0.2, 0) is 4.79 Å². The first-order valence-corrected chi connectivity index (χ1v) is 7.47. The molecule has 1 N–H and O–H groups in total. The summed E-state index contributed by atoms with van der Waals surface area (Å²) in [5.74, 6) is -0.404. The van der Waals surface area contributed by atoms with Crippen molar-refractivity contribution in [3.05, 3.63) is 70.0 Å². The standard InChI is InChI=1S/C17H14BrN3O/c1-12(14-5-3-2-4-6-14)21-17(22)15(9-19)7-13-8-16(18)11-20-10-13/h2-8,10-12H,1H3,(H,21,22)/b15-7+/t12-/m0/s1. The van der Waals surface area contributed by atoms with Crippen molar-refractivity contribution in [3.63, 3.8) is 0 Å². The van der Waals surface area contributed by atoms with Crippen molar-refractivity contribution in [1.82, 2.24) is 10.3 Å². The molecule has 0 bridgehead atoms. The normalized spacial score (nSPS) is 12.3. The molecule has 1 amide bonds. The van der Waals surface area contributed by atoms with E-state index in [0.717, 1.165) is 10.0 Å². The van der Waals surface area contributed by atoms with Crippen LogP contribution in [0, 0.1) is 11.3 Å². The van der Waals surface area contributed by atoms with E-state index < -0.39 is 5.91 Å². The highest BCUT2D eigenvalue weighted by Gasteiger charge is 2.13. The molecule has 1 atom stereocenters. The van der Waals surface area contributed by atoms with Gasteiger partial charge in [-0.25, -0.2) is 0 Å². The minimum Gasteiger partial charge on any atom is -0.345 e. The van der Waals surface area contributed by atoms with Gasteiger partial charge in [0.15, 0.2) is 0 Å². The van der Waals surface area contributed by atoms with Gasteiger partial charge in [0.05, 0.1) is 6.04 Å². The highest BCUT2D eigenvalue weighted by molar-refractivity contribution is 9.10. The second-order valence-electron chi connectivity index (χ2n) is 4.71. The molecule has 0 aliphatic carbocycles. The van der Waals surface area contributed by atoms with Crippen LogP contribution in [0.15, 0.2) is 58.8 Å². The maximum atomic E-state index is 12.2. The zero-order valence-corrected chi connectivity index (χ0v) is 13.5. The summed E-state index contributed by atoms with van der Waals surface area (Å²) < 4.78 is 0.789. The van der Waals surface area contributed by atoms with E-state index in [1.165, 1.54) is 6.08 Å². The molecule has 110 valence electrons. The maximum absolute atomic E-state index is 12.2. The molecule has 0 fully saturated rings. The van der Waals surface area contributed by atoms with Gasteiger partial charge in [0, 0.05) is 16.9 Å². The smallest absolute Gasteiger partial charge is 0.262 e. The first kappa shape index (κ1) is 15.9. The monoisotopic (exact) mass is 355 g/mol. The topological polar surface area (TPSA) is 65.8 Å². The molecule has 0 aliphatic heterocycles. The van der Waals surface area contributed by atoms with Crippen LogP contribution in [0.25, 0.3) is 6.08 Å². The molecule has 5 heteroatoms. The van der Waals surface area contributed by atoms with Crippen LogP contribution in [-0.4, -0.2) is 10.9 Å². The van der Waals surface area contributed by atoms with E-state index in [0.29, 0.717) is 5.56 Å². The quantitative estimate of drug-likeness (QED) is 0.672. The van der Waals surface area contributed by atoms with Gasteiger partial charge in [-0.1, -0.05) is 30.3 Å². The van der Waals surface area contributed by atoms with E-state index in [1.54, 1.807) is 18.5 Å². The molecule has 22 heavy (non-hydrogen) atoms. The minimum absolute atomic E-state index is 0.0441. The van der Waals surface area contributed by atoms with Crippen LogP contribution in [0.2, 0.25) is 0 Å². The summed E-state index contributed by atoms with van der Waals surface area (Å²) in [6, 6.07) is 13.1. The fraction of sp³-hybridized carbons (Fsp3) is 0.118. The van der Waals surface area contributed by atoms with Gasteiger partial charge >= 0.3 is 0 Å². The second kappa shape index (κ2) is 7.53. The fourth-order valence-corrected chi connectivity index (χ4v) is 2.30. The van der Waals surface area contributed by atoms with Crippen molar-refractivity contribution in [2.24, 2.45) is 0 Å². The van der Waals surface area contributed by atoms with E-state index in [9.17, 15) is 10.1 Å². The second-order valence-corrected chi connectivity index (χ2v) is 5.63. The maximum Gasteiger partial charge on any atom is 0.262 e. The van der Waals surface area contributed by atoms with E-state index in [4.69, 9.17) is 0 Å². The Morgan fingerprint density at radius 1 is 1.36 bits per heavy atom. The molecule has 0 aliphatic rings. The average molecular weight is 356 g/mol. The van der Waals surface area contributed by atoms with E-state index in [1.807, 2.05) is 43.3 Å². The van der Waals surface area contributed by atoms with Crippen molar-refractivity contribution in [2.75, 3.05) is 0 Å². The van der Waals surface area contributed by atoms with Gasteiger partial charge in [-0.15, -0.1) is 0 Å². The van der Waals surface area contributed by atoms with Crippen molar-refractivity contribution >= 4 is 27.9 Å². The Hall–Kier alpha value is -2.45. The van der Waals surface area contributed by atoms with Crippen LogP contribution < -0.4 is 5.32 Å². The molecule has 2 rings (SSSR count). The van der Waals surface area contributed by atoms with Gasteiger partial charge in [-0.05, 0) is 46.1 Å². The Morgan fingerprint density at radius 2 is 2.09 bits per heavy atom. The van der Waals surface area contributed by atoms with Gasteiger partial charge < -0.3 is 5.32 Å². The lowest BCUT2D eigenvalue weighted by molar-refractivity contribution is -0.117. The molecule has 0 unspecified atom stereocenters. The third-order valence-electron chi connectivity index (χ3n) is 3.05. The van der Waals surface area contributed by atoms with Gasteiger partial charge in [-0.2, -0.15) is 5.26 Å². The molecular formula is C17H14BrN3O. The summed E-state index contributed by atoms with van der Waals surface area (Å²) in [7, 11) is 0. The number of nitrogens with zero attached hydrogens (tertiary/aromatic N) is 2. The summed E-state index contributed by atoms with van der Waals surface area (Å²) in [6.45, 7) is 1.88. The predicted molar refractivity (Wildman–Crippen MR) is 88.5 cm³/mol. The summed E-state index contributed by atoms with van der Waals surface area (Å²) in [5.41, 5.74) is 1.72. The van der Waals surface area contributed by atoms with Gasteiger partial charge in [0.2, 0.25) is 0 Å². The number of rotatable bonds is 4. The van der Waals surface area contributed by atoms with Crippen LogP contribution in [0.5, 0.6) is 0 Å². The Balaban J connectivity index is 2.14. The number of hydrogen-bond donors (Lipinski definition) is 1. The Bertz CT molecular complexity index is 735. The van der Waals surface area contributed by atoms with E-state index >= 15 is 0 Å². The minimum atomic E-state index is -0.404. The first-order chi connectivity index (χ1) is 10.6. The molecule has 1 heterocycles. The van der Waals surface area contributed by atoms with Crippen molar-refractivity contribution in [3.8, 4) is 6.07 Å². The molecule has 1 aromatic carbocycles. The molecule has 2 aromatic rings. The van der Waals surface area contributed by atoms with Crippen molar-refractivity contribution in [1.29, 1.82) is 5.26 Å². The Kier molecular flexibility index (Phi) is 5.45. The highest BCUT2D eigenvalue weighted by atomic mass is 79.9. The van der Waals surface area contributed by atoms with Crippen molar-refractivity contribution < 1.29 is 4.79 Å². The van der Waals surface area contributed by atoms with Crippen LogP contribution in [0.1, 0.15) is 24.1 Å². The molecule has 0 saturated carbocycles. The van der Waals surface area contributed by atoms with Crippen LogP contribution >= 0.6 is 15.9 Å². The van der Waals surface area contributed by atoms with Gasteiger partial charge in [0.25, 0.3) is 5.91 Å². The first-order valence-electron chi connectivity index (χ1n) is 6.68. The summed E-state index contributed by atoms with van der Waals surface area (Å²) in [6.07, 6.45) is 4.75. The number of carbonyl (C=O) groups is 1. The number of amides is 1. The zero-order valence-electron chi connectivity index (χ0n) is 12.0. The molecule has 4 nitrogen and oxygen atoms in total. The molecule has 0 saturated heterocycles. The number of aromatic nitrogens is 1. The van der Waals surface area contributed by atoms with Crippen molar-refractivity contribution in [2.45, 2.75) is 13.0 Å². The number of carbonyl (C=O) groups excluding carboxylic acids is 1. The fourth-order valence-electron chi connectivity index (χ4n) is 1.92. The van der Waals surface area contributed by atoms with Gasteiger partial charge in [-0.3, -0.25) is 9.78 Å². The number of nitriles is 1. The third kappa shape index (κ3) is 4.27. The predicted octanol–water partition coefficient (Wildman–Crippen LogP) is 3.63. The SMILES string of the molecule is C[C@H](NC(=O)/C(C#N)=C/c1cncc(Br)c1)c1ccccc1. The molecular weight excluding hydrogens is 342 g/mol. The average Bonchev–Trinajstić information content (AvgIpc) is 2.53.